The zero-order chi connectivity index (χ0) is 11.6. The van der Waals surface area contributed by atoms with Crippen LogP contribution in [0.3, 0.4) is 0 Å². The number of rotatable bonds is 6. The van der Waals surface area contributed by atoms with E-state index in [0.717, 1.165) is 17.9 Å². The third kappa shape index (κ3) is 4.64. The molecule has 0 aliphatic carbocycles. The maximum absolute atomic E-state index is 5.62. The van der Waals surface area contributed by atoms with E-state index in [9.17, 15) is 0 Å². The lowest BCUT2D eigenvalue weighted by molar-refractivity contribution is 0.218. The molecular weight excluding hydrogens is 200 g/mol. The first kappa shape index (κ1) is 12.3. The van der Waals surface area contributed by atoms with Crippen molar-refractivity contribution in [2.75, 3.05) is 13.6 Å². The molecule has 1 aromatic carbocycles. The molecule has 1 N–H and O–H groups in total. The third-order valence-corrected chi connectivity index (χ3v) is 1.94. The number of nitrogens with one attached hydrogen (secondary N) is 1. The van der Waals surface area contributed by atoms with Crippen LogP contribution in [0.5, 0.6) is 0 Å². The Labute approximate surface area is 96.9 Å². The van der Waals surface area contributed by atoms with E-state index in [1.165, 1.54) is 0 Å². The van der Waals surface area contributed by atoms with Gasteiger partial charge in [-0.15, -0.1) is 0 Å². The van der Waals surface area contributed by atoms with Crippen molar-refractivity contribution in [3.05, 3.63) is 47.9 Å². The van der Waals surface area contributed by atoms with Crippen LogP contribution in [0.2, 0.25) is 0 Å². The first-order valence-corrected chi connectivity index (χ1v) is 5.40. The average molecular weight is 218 g/mol. The van der Waals surface area contributed by atoms with E-state index >= 15 is 0 Å². The maximum atomic E-state index is 5.62. The van der Waals surface area contributed by atoms with Gasteiger partial charge in [0, 0.05) is 19.8 Å². The monoisotopic (exact) mass is 218 g/mol. The van der Waals surface area contributed by atoms with Crippen molar-refractivity contribution >= 4 is 6.21 Å². The summed E-state index contributed by atoms with van der Waals surface area (Å²) < 4.78 is 5.62. The first-order chi connectivity index (χ1) is 7.86. The zero-order valence-corrected chi connectivity index (χ0v) is 9.81. The Morgan fingerprint density at radius 1 is 1.38 bits per heavy atom. The highest BCUT2D eigenvalue weighted by Crippen LogP contribution is 2.04. The minimum absolute atomic E-state index is 0.560. The molecule has 0 bridgehead atoms. The van der Waals surface area contributed by atoms with Crippen LogP contribution < -0.4 is 5.32 Å². The van der Waals surface area contributed by atoms with Crippen molar-refractivity contribution in [3.63, 3.8) is 0 Å². The fourth-order valence-corrected chi connectivity index (χ4v) is 1.18. The van der Waals surface area contributed by atoms with Crippen LogP contribution in [0.4, 0.5) is 0 Å². The topological polar surface area (TPSA) is 33.6 Å². The van der Waals surface area contributed by atoms with Crippen LogP contribution in [0, 0.1) is 0 Å². The van der Waals surface area contributed by atoms with E-state index in [2.05, 4.69) is 10.3 Å². The fraction of sp³-hybridized carbons (Fsp3) is 0.308. The predicted molar refractivity (Wildman–Crippen MR) is 67.4 cm³/mol. The molecule has 86 valence electrons. The Morgan fingerprint density at radius 2 is 2.12 bits per heavy atom. The van der Waals surface area contributed by atoms with Crippen LogP contribution in [0.15, 0.2) is 47.3 Å². The summed E-state index contributed by atoms with van der Waals surface area (Å²) in [6.07, 6.45) is 3.53. The number of nitrogens with zero attached hydrogens (tertiary/aromatic N) is 1. The van der Waals surface area contributed by atoms with E-state index in [1.54, 1.807) is 12.4 Å². The highest BCUT2D eigenvalue weighted by atomic mass is 16.5. The van der Waals surface area contributed by atoms with Crippen LogP contribution in [0.25, 0.3) is 0 Å². The molecule has 0 saturated carbocycles. The van der Waals surface area contributed by atoms with Gasteiger partial charge >= 0.3 is 0 Å². The molecule has 0 unspecified atom stereocenters. The molecular formula is C13H18N2O. The van der Waals surface area contributed by atoms with Gasteiger partial charge in [-0.05, 0) is 12.5 Å². The normalized spacial score (nSPS) is 11.8. The van der Waals surface area contributed by atoms with Gasteiger partial charge in [0.05, 0.1) is 6.21 Å². The Balaban J connectivity index is 2.51. The number of hydrogen-bond donors (Lipinski definition) is 1. The minimum atomic E-state index is 0.560. The largest absolute Gasteiger partial charge is 0.486 e. The van der Waals surface area contributed by atoms with E-state index in [4.69, 9.17) is 4.74 Å². The van der Waals surface area contributed by atoms with Crippen LogP contribution >= 0.6 is 0 Å². The second kappa shape index (κ2) is 7.51. The summed E-state index contributed by atoms with van der Waals surface area (Å²) in [5.41, 5.74) is 1.15. The Bertz CT molecular complexity index is 344. The molecule has 0 atom stereocenters. The number of hydrogen-bond acceptors (Lipinski definition) is 3. The molecule has 0 aliphatic rings. The number of ether oxygens (including phenoxy) is 1. The van der Waals surface area contributed by atoms with Gasteiger partial charge in [-0.1, -0.05) is 30.3 Å². The van der Waals surface area contributed by atoms with Crippen molar-refractivity contribution in [2.24, 2.45) is 4.99 Å². The average Bonchev–Trinajstić information content (AvgIpc) is 2.34. The minimum Gasteiger partial charge on any atom is -0.486 e. The highest BCUT2D eigenvalue weighted by Gasteiger charge is 1.95. The predicted octanol–water partition coefficient (Wildman–Crippen LogP) is 2.35. The lowest BCUT2D eigenvalue weighted by Crippen LogP contribution is -2.02. The first-order valence-electron chi connectivity index (χ1n) is 5.40. The molecule has 0 aliphatic heterocycles. The quantitative estimate of drug-likeness (QED) is 0.587. The number of aliphatic imine (C=N–C) groups is 1. The van der Waals surface area contributed by atoms with Gasteiger partial charge in [-0.2, -0.15) is 0 Å². The molecule has 3 heteroatoms. The summed E-state index contributed by atoms with van der Waals surface area (Å²) in [7, 11) is 1.84. The summed E-state index contributed by atoms with van der Waals surface area (Å²) in [5, 5.41) is 2.93. The molecule has 0 amide bonds. The Kier molecular flexibility index (Phi) is 5.78. The van der Waals surface area contributed by atoms with Gasteiger partial charge < -0.3 is 10.1 Å². The van der Waals surface area contributed by atoms with Crippen LogP contribution in [0.1, 0.15) is 12.5 Å². The van der Waals surface area contributed by atoms with Gasteiger partial charge in [0.1, 0.15) is 6.61 Å². The summed E-state index contributed by atoms with van der Waals surface area (Å²) in [6.45, 7) is 3.31. The molecule has 0 spiro atoms. The summed E-state index contributed by atoms with van der Waals surface area (Å²) in [5.74, 6) is 0.744. The maximum Gasteiger partial charge on any atom is 0.153 e. The smallest absolute Gasteiger partial charge is 0.153 e. The highest BCUT2D eigenvalue weighted by molar-refractivity contribution is 5.75. The lowest BCUT2D eigenvalue weighted by atomic mass is 10.2. The molecule has 3 nitrogen and oxygen atoms in total. The van der Waals surface area contributed by atoms with E-state index in [1.807, 2.05) is 44.3 Å². The number of allylic oxidation sites excluding steroid dienone is 1. The van der Waals surface area contributed by atoms with Crippen molar-refractivity contribution < 1.29 is 4.74 Å². The third-order valence-electron chi connectivity index (χ3n) is 1.94. The molecule has 1 rings (SSSR count). The van der Waals surface area contributed by atoms with Crippen LogP contribution in [-0.2, 0) is 11.3 Å². The van der Waals surface area contributed by atoms with Crippen LogP contribution in [-0.4, -0.2) is 19.8 Å². The van der Waals surface area contributed by atoms with Gasteiger partial charge in [0.15, 0.2) is 5.76 Å². The van der Waals surface area contributed by atoms with Gasteiger partial charge in [-0.3, -0.25) is 4.99 Å². The van der Waals surface area contributed by atoms with E-state index in [-0.39, 0.29) is 0 Å². The summed E-state index contributed by atoms with van der Waals surface area (Å²) >= 11 is 0. The fourth-order valence-electron chi connectivity index (χ4n) is 1.18. The molecule has 0 saturated heterocycles. The number of benzene rings is 1. The lowest BCUT2D eigenvalue weighted by Gasteiger charge is -2.06. The molecule has 1 aromatic rings. The SMILES string of the molecule is CC/N=C\C(=C/NC)OCc1ccccc1. The Morgan fingerprint density at radius 3 is 2.75 bits per heavy atom. The molecule has 16 heavy (non-hydrogen) atoms. The van der Waals surface area contributed by atoms with Crippen molar-refractivity contribution in [3.8, 4) is 0 Å². The molecule has 0 fully saturated rings. The van der Waals surface area contributed by atoms with Gasteiger partial charge in [0.2, 0.25) is 0 Å². The van der Waals surface area contributed by atoms with Crippen molar-refractivity contribution in [1.82, 2.24) is 5.32 Å². The second-order valence-corrected chi connectivity index (χ2v) is 3.24. The van der Waals surface area contributed by atoms with E-state index < -0.39 is 0 Å². The molecule has 0 aromatic heterocycles. The molecule has 0 radical (unpaired) electrons. The molecule has 0 heterocycles. The van der Waals surface area contributed by atoms with Gasteiger partial charge in [0.25, 0.3) is 0 Å². The standard InChI is InChI=1S/C13H18N2O/c1-3-15-10-13(9-14-2)16-11-12-7-5-4-6-8-12/h4-10,14H,3,11H2,1-2H3/b13-9+,15-10-. The zero-order valence-electron chi connectivity index (χ0n) is 9.81. The summed E-state index contributed by atoms with van der Waals surface area (Å²) in [4.78, 5) is 4.14. The summed E-state index contributed by atoms with van der Waals surface area (Å²) in [6, 6.07) is 10.1. The Hall–Kier alpha value is -1.77. The van der Waals surface area contributed by atoms with Gasteiger partial charge in [-0.25, -0.2) is 0 Å². The van der Waals surface area contributed by atoms with Crippen molar-refractivity contribution in [1.29, 1.82) is 0 Å². The van der Waals surface area contributed by atoms with E-state index in [0.29, 0.717) is 6.61 Å². The van der Waals surface area contributed by atoms with Crippen molar-refractivity contribution in [2.45, 2.75) is 13.5 Å². The second-order valence-electron chi connectivity index (χ2n) is 3.24.